The zero-order valence-corrected chi connectivity index (χ0v) is 23.7. The van der Waals surface area contributed by atoms with Gasteiger partial charge in [0.25, 0.3) is 5.91 Å². The molecule has 1 aliphatic rings. The van der Waals surface area contributed by atoms with Crippen LogP contribution in [0.1, 0.15) is 68.0 Å². The van der Waals surface area contributed by atoms with Crippen LogP contribution in [0.15, 0.2) is 30.6 Å². The van der Waals surface area contributed by atoms with Gasteiger partial charge in [0.15, 0.2) is 0 Å². The topological polar surface area (TPSA) is 130 Å². The fourth-order valence-corrected chi connectivity index (χ4v) is 4.88. The summed E-state index contributed by atoms with van der Waals surface area (Å²) in [7, 11) is 3.00. The lowest BCUT2D eigenvalue weighted by Crippen LogP contribution is -2.44. The Morgan fingerprint density at radius 1 is 1.22 bits per heavy atom. The summed E-state index contributed by atoms with van der Waals surface area (Å²) < 4.78 is 46.4. The monoisotopic (exact) mass is 581 g/mol. The molecule has 4 amide bonds. The predicted octanol–water partition coefficient (Wildman–Crippen LogP) is 3.80. The normalized spacial score (nSPS) is 17.6. The summed E-state index contributed by atoms with van der Waals surface area (Å²) in [6.07, 6.45) is 2.39. The van der Waals surface area contributed by atoms with E-state index in [2.05, 4.69) is 34.6 Å². The largest absolute Gasteiger partial charge is 0.410 e. The summed E-state index contributed by atoms with van der Waals surface area (Å²) in [5.74, 6) is -0.340. The van der Waals surface area contributed by atoms with Crippen molar-refractivity contribution in [3.63, 3.8) is 0 Å². The van der Waals surface area contributed by atoms with Crippen molar-refractivity contribution in [2.24, 2.45) is 13.0 Å². The van der Waals surface area contributed by atoms with Gasteiger partial charge in [0.2, 0.25) is 5.91 Å². The van der Waals surface area contributed by atoms with Crippen LogP contribution in [0.4, 0.5) is 23.8 Å². The number of anilines is 1. The molecule has 2 aromatic rings. The molecule has 1 fully saturated rings. The second-order valence-electron chi connectivity index (χ2n) is 10.3. The summed E-state index contributed by atoms with van der Waals surface area (Å²) >= 11 is 0. The van der Waals surface area contributed by atoms with Gasteiger partial charge in [-0.3, -0.25) is 14.3 Å². The zero-order valence-electron chi connectivity index (χ0n) is 23.7. The van der Waals surface area contributed by atoms with Crippen LogP contribution in [-0.4, -0.2) is 76.0 Å². The summed E-state index contributed by atoms with van der Waals surface area (Å²) in [6, 6.07) is -0.0171. The van der Waals surface area contributed by atoms with E-state index in [1.807, 2.05) is 5.32 Å². The molecule has 0 aromatic carbocycles. The number of urea groups is 1. The third-order valence-electron chi connectivity index (χ3n) is 7.10. The van der Waals surface area contributed by atoms with Gasteiger partial charge in [-0.1, -0.05) is 39.5 Å². The number of hydrogen-bond donors (Lipinski definition) is 3. The first-order valence-electron chi connectivity index (χ1n) is 13.6. The standard InChI is InChI=1S/C27H38F3N7O4/c1-5-7-17(2)8-6-9-19(33-25(39)20-11-13-32-36(20)3)24(38)35-23-14-18(10-12-31-23)21(16-41-4)37-15-22(27(28,29)30)34-26(37)40/h10-14,17,19,21-22H,5-9,15-16H2,1-4H3,(H,33,39)(H,34,40)(H,31,35,38)/t17-,19-,21?,22-/m0/s1. The second kappa shape index (κ2) is 14.3. The molecule has 1 unspecified atom stereocenters. The Kier molecular flexibility index (Phi) is 11.1. The van der Waals surface area contributed by atoms with Crippen LogP contribution in [-0.2, 0) is 16.6 Å². The molecule has 0 saturated carbocycles. The van der Waals surface area contributed by atoms with E-state index in [4.69, 9.17) is 4.74 Å². The van der Waals surface area contributed by atoms with Gasteiger partial charge in [0, 0.05) is 26.6 Å². The lowest BCUT2D eigenvalue weighted by Gasteiger charge is -2.27. The number of nitrogens with zero attached hydrogens (tertiary/aromatic N) is 4. The number of amides is 4. The lowest BCUT2D eigenvalue weighted by atomic mass is 9.97. The van der Waals surface area contributed by atoms with E-state index in [1.54, 1.807) is 19.2 Å². The van der Waals surface area contributed by atoms with Crippen LogP contribution in [0.2, 0.25) is 0 Å². The van der Waals surface area contributed by atoms with Gasteiger partial charge < -0.3 is 25.6 Å². The number of aromatic nitrogens is 3. The molecule has 41 heavy (non-hydrogen) atoms. The highest BCUT2D eigenvalue weighted by atomic mass is 19.4. The van der Waals surface area contributed by atoms with Crippen LogP contribution in [0.3, 0.4) is 0 Å². The molecule has 2 aromatic heterocycles. The molecule has 3 N–H and O–H groups in total. The second-order valence-corrected chi connectivity index (χ2v) is 10.3. The highest BCUT2D eigenvalue weighted by Gasteiger charge is 2.48. The Hall–Kier alpha value is -3.68. The number of nitrogens with one attached hydrogen (secondary N) is 3. The van der Waals surface area contributed by atoms with Gasteiger partial charge in [-0.2, -0.15) is 18.3 Å². The number of pyridine rings is 1. The number of rotatable bonds is 14. The first-order chi connectivity index (χ1) is 19.4. The van der Waals surface area contributed by atoms with E-state index < -0.39 is 48.7 Å². The van der Waals surface area contributed by atoms with Gasteiger partial charge in [-0.25, -0.2) is 9.78 Å². The minimum atomic E-state index is -4.59. The molecule has 14 heteroatoms. The summed E-state index contributed by atoms with van der Waals surface area (Å²) in [5.41, 5.74) is 0.727. The average Bonchev–Trinajstić information content (AvgIpc) is 3.52. The summed E-state index contributed by atoms with van der Waals surface area (Å²) in [5, 5.41) is 11.5. The first kappa shape index (κ1) is 31.8. The van der Waals surface area contributed by atoms with Crippen LogP contribution < -0.4 is 16.0 Å². The Labute approximate surface area is 237 Å². The van der Waals surface area contributed by atoms with Gasteiger partial charge in [0.1, 0.15) is 23.6 Å². The van der Waals surface area contributed by atoms with Crippen molar-refractivity contribution >= 4 is 23.7 Å². The van der Waals surface area contributed by atoms with E-state index in [9.17, 15) is 27.6 Å². The van der Waals surface area contributed by atoms with E-state index in [-0.39, 0.29) is 12.4 Å². The van der Waals surface area contributed by atoms with Crippen molar-refractivity contribution in [1.29, 1.82) is 0 Å². The molecule has 226 valence electrons. The molecule has 0 radical (unpaired) electrons. The fourth-order valence-electron chi connectivity index (χ4n) is 4.88. The molecule has 0 spiro atoms. The molecule has 11 nitrogen and oxygen atoms in total. The molecule has 1 aliphatic heterocycles. The van der Waals surface area contributed by atoms with Crippen molar-refractivity contribution in [3.05, 3.63) is 41.9 Å². The Morgan fingerprint density at radius 3 is 2.59 bits per heavy atom. The summed E-state index contributed by atoms with van der Waals surface area (Å²) in [4.78, 5) is 43.9. The van der Waals surface area contributed by atoms with Crippen molar-refractivity contribution in [1.82, 2.24) is 30.3 Å². The van der Waals surface area contributed by atoms with Crippen molar-refractivity contribution < 1.29 is 32.3 Å². The number of methoxy groups -OCH3 is 1. The minimum Gasteiger partial charge on any atom is -0.382 e. The number of carbonyl (C=O) groups excluding carboxylic acids is 3. The molecule has 0 bridgehead atoms. The molecular weight excluding hydrogens is 543 g/mol. The molecular formula is C27H38F3N7O4. The van der Waals surface area contributed by atoms with E-state index in [0.717, 1.165) is 24.2 Å². The molecule has 4 atom stereocenters. The third-order valence-corrected chi connectivity index (χ3v) is 7.10. The minimum absolute atomic E-state index is 0.0747. The van der Waals surface area contributed by atoms with Crippen molar-refractivity contribution in [3.8, 4) is 0 Å². The van der Waals surface area contributed by atoms with Gasteiger partial charge >= 0.3 is 12.2 Å². The van der Waals surface area contributed by atoms with E-state index in [1.165, 1.54) is 30.3 Å². The predicted molar refractivity (Wildman–Crippen MR) is 145 cm³/mol. The number of halogens is 3. The molecule has 3 heterocycles. The van der Waals surface area contributed by atoms with Gasteiger partial charge in [-0.15, -0.1) is 0 Å². The number of hydrogen-bond acceptors (Lipinski definition) is 6. The highest BCUT2D eigenvalue weighted by molar-refractivity contribution is 6.00. The van der Waals surface area contributed by atoms with Crippen LogP contribution in [0.25, 0.3) is 0 Å². The number of carbonyl (C=O) groups is 3. The van der Waals surface area contributed by atoms with Gasteiger partial charge in [0.05, 0.1) is 19.2 Å². The molecule has 1 saturated heterocycles. The van der Waals surface area contributed by atoms with Crippen molar-refractivity contribution in [2.75, 3.05) is 25.6 Å². The van der Waals surface area contributed by atoms with Crippen molar-refractivity contribution in [2.45, 2.75) is 70.3 Å². The Bertz CT molecular complexity index is 1190. The maximum absolute atomic E-state index is 13.4. The van der Waals surface area contributed by atoms with E-state index in [0.29, 0.717) is 30.0 Å². The third kappa shape index (κ3) is 8.65. The Morgan fingerprint density at radius 2 is 1.98 bits per heavy atom. The maximum atomic E-state index is 13.4. The quantitative estimate of drug-likeness (QED) is 0.311. The number of alkyl halides is 3. The Balaban J connectivity index is 1.76. The molecule has 0 aliphatic carbocycles. The SMILES string of the molecule is CCC[C@H](C)CCC[C@H](NC(=O)c1ccnn1C)C(=O)Nc1cc(C(COC)N2C[C@@H](C(F)(F)F)NC2=O)ccn1. The van der Waals surface area contributed by atoms with Crippen LogP contribution >= 0.6 is 0 Å². The van der Waals surface area contributed by atoms with E-state index >= 15 is 0 Å². The van der Waals surface area contributed by atoms with Crippen LogP contribution in [0.5, 0.6) is 0 Å². The van der Waals surface area contributed by atoms with Crippen LogP contribution in [0, 0.1) is 5.92 Å². The zero-order chi connectivity index (χ0) is 30.2. The highest BCUT2D eigenvalue weighted by Crippen LogP contribution is 2.30. The number of ether oxygens (including phenoxy) is 1. The fraction of sp³-hybridized carbons (Fsp3) is 0.593. The first-order valence-corrected chi connectivity index (χ1v) is 13.6. The van der Waals surface area contributed by atoms with Gasteiger partial charge in [-0.05, 0) is 36.1 Å². The lowest BCUT2D eigenvalue weighted by molar-refractivity contribution is -0.150. The maximum Gasteiger partial charge on any atom is 0.410 e. The smallest absolute Gasteiger partial charge is 0.382 e. The average molecular weight is 582 g/mol. The number of aryl methyl sites for hydroxylation is 1. The summed E-state index contributed by atoms with van der Waals surface area (Å²) in [6.45, 7) is 3.61. The molecule has 3 rings (SSSR count).